The van der Waals surface area contributed by atoms with E-state index in [2.05, 4.69) is 44.3 Å². The number of fused-ring (bicyclic) bond motifs is 2. The molecular formula is C28H23FN6O. The van der Waals surface area contributed by atoms with E-state index in [-0.39, 0.29) is 5.75 Å². The Kier molecular flexibility index (Phi) is 5.14. The zero-order valence-electron chi connectivity index (χ0n) is 19.7. The number of benzene rings is 2. The van der Waals surface area contributed by atoms with Gasteiger partial charge in [0.2, 0.25) is 0 Å². The lowest BCUT2D eigenvalue weighted by molar-refractivity contribution is 0.469. The van der Waals surface area contributed by atoms with Gasteiger partial charge in [-0.3, -0.25) is 15.1 Å². The Balaban J connectivity index is 1.45. The average Bonchev–Trinajstić information content (AvgIpc) is 3.46. The summed E-state index contributed by atoms with van der Waals surface area (Å²) in [7, 11) is 0. The molecule has 0 aliphatic heterocycles. The number of pyridine rings is 2. The number of nitrogens with zero attached hydrogens (tertiary/aromatic N) is 3. The minimum absolute atomic E-state index is 0.113. The molecule has 0 atom stereocenters. The molecule has 178 valence electrons. The highest BCUT2D eigenvalue weighted by Gasteiger charge is 2.15. The number of aromatic amines is 2. The minimum Gasteiger partial charge on any atom is -0.508 e. The normalized spacial score (nSPS) is 11.6. The third-order valence-electron chi connectivity index (χ3n) is 6.05. The first-order valence-electron chi connectivity index (χ1n) is 11.6. The number of phenols is 1. The van der Waals surface area contributed by atoms with Crippen molar-refractivity contribution in [3.63, 3.8) is 0 Å². The predicted molar refractivity (Wildman–Crippen MR) is 140 cm³/mol. The Morgan fingerprint density at radius 3 is 2.64 bits per heavy atom. The van der Waals surface area contributed by atoms with E-state index in [4.69, 9.17) is 0 Å². The first-order valence-corrected chi connectivity index (χ1v) is 11.6. The largest absolute Gasteiger partial charge is 0.508 e. The number of H-pyrrole nitrogens is 2. The van der Waals surface area contributed by atoms with Gasteiger partial charge in [0.1, 0.15) is 17.3 Å². The van der Waals surface area contributed by atoms with Crippen LogP contribution < -0.4 is 5.32 Å². The number of phenolic OH excluding ortho intramolecular Hbond substituents is 1. The Hall–Kier alpha value is -4.72. The summed E-state index contributed by atoms with van der Waals surface area (Å²) in [5, 5.41) is 22.7. The third-order valence-corrected chi connectivity index (χ3v) is 6.05. The van der Waals surface area contributed by atoms with Gasteiger partial charge in [0.25, 0.3) is 0 Å². The number of nitrogens with one attached hydrogen (secondary N) is 3. The van der Waals surface area contributed by atoms with Crippen LogP contribution in [-0.4, -0.2) is 36.3 Å². The number of aromatic nitrogens is 5. The fourth-order valence-corrected chi connectivity index (χ4v) is 4.54. The van der Waals surface area contributed by atoms with Crippen molar-refractivity contribution >= 4 is 27.5 Å². The second kappa shape index (κ2) is 8.49. The van der Waals surface area contributed by atoms with Gasteiger partial charge in [-0.05, 0) is 61.4 Å². The molecule has 0 aliphatic carbocycles. The zero-order valence-corrected chi connectivity index (χ0v) is 19.7. The van der Waals surface area contributed by atoms with E-state index in [1.165, 1.54) is 6.07 Å². The molecule has 0 aliphatic rings. The molecule has 0 bridgehead atoms. The van der Waals surface area contributed by atoms with Gasteiger partial charge in [-0.25, -0.2) is 4.39 Å². The quantitative estimate of drug-likeness (QED) is 0.226. The maximum atomic E-state index is 14.0. The smallest absolute Gasteiger partial charge is 0.127 e. The van der Waals surface area contributed by atoms with Crippen molar-refractivity contribution in [2.75, 3.05) is 5.32 Å². The van der Waals surface area contributed by atoms with E-state index in [1.54, 1.807) is 24.7 Å². The minimum atomic E-state index is -0.488. The van der Waals surface area contributed by atoms with E-state index in [0.29, 0.717) is 11.6 Å². The molecule has 7 nitrogen and oxygen atoms in total. The monoisotopic (exact) mass is 478 g/mol. The molecule has 0 saturated heterocycles. The standard InChI is InChI=1S/C28H23FN6O/c1-15(2)32-19-7-17(12-30-13-19)25-11-23-27(14-31-25)34-35-28(23)26-10-22-21(4-3-5-24(22)33-26)16-6-18(29)9-20(36)8-16/h3-15,32-33,36H,1-2H3,(H,34,35). The number of hydrogen-bond donors (Lipinski definition) is 4. The van der Waals surface area contributed by atoms with Gasteiger partial charge in [-0.2, -0.15) is 5.10 Å². The van der Waals surface area contributed by atoms with Crippen LogP contribution in [0.2, 0.25) is 0 Å². The van der Waals surface area contributed by atoms with Gasteiger partial charge in [0.15, 0.2) is 0 Å². The van der Waals surface area contributed by atoms with Crippen LogP contribution in [0.5, 0.6) is 5.75 Å². The fraction of sp³-hybridized carbons (Fsp3) is 0.107. The maximum absolute atomic E-state index is 14.0. The lowest BCUT2D eigenvalue weighted by Crippen LogP contribution is -2.09. The number of aromatic hydroxyl groups is 1. The van der Waals surface area contributed by atoms with Crippen molar-refractivity contribution in [2.24, 2.45) is 0 Å². The lowest BCUT2D eigenvalue weighted by atomic mass is 10.0. The molecule has 0 spiro atoms. The van der Waals surface area contributed by atoms with Gasteiger partial charge < -0.3 is 15.4 Å². The summed E-state index contributed by atoms with van der Waals surface area (Å²) in [4.78, 5) is 12.4. The molecule has 0 radical (unpaired) electrons. The molecular weight excluding hydrogens is 455 g/mol. The topological polar surface area (TPSA) is 103 Å². The molecule has 4 N–H and O–H groups in total. The van der Waals surface area contributed by atoms with E-state index in [0.717, 1.165) is 61.8 Å². The van der Waals surface area contributed by atoms with Crippen molar-refractivity contribution < 1.29 is 9.50 Å². The molecule has 4 aromatic heterocycles. The predicted octanol–water partition coefficient (Wildman–Crippen LogP) is 6.50. The van der Waals surface area contributed by atoms with E-state index in [9.17, 15) is 9.50 Å². The molecule has 6 rings (SSSR count). The number of rotatable bonds is 5. The van der Waals surface area contributed by atoms with Crippen molar-refractivity contribution in [3.05, 3.63) is 79.0 Å². The molecule has 0 amide bonds. The summed E-state index contributed by atoms with van der Waals surface area (Å²) < 4.78 is 14.0. The summed E-state index contributed by atoms with van der Waals surface area (Å²) in [6.07, 6.45) is 5.36. The first-order chi connectivity index (χ1) is 17.4. The number of hydrogen-bond acceptors (Lipinski definition) is 5. The molecule has 0 saturated carbocycles. The van der Waals surface area contributed by atoms with Crippen molar-refractivity contribution in [2.45, 2.75) is 19.9 Å². The number of anilines is 1. The lowest BCUT2D eigenvalue weighted by Gasteiger charge is -2.10. The van der Waals surface area contributed by atoms with Gasteiger partial charge in [0, 0.05) is 46.4 Å². The van der Waals surface area contributed by atoms with Crippen LogP contribution in [0.15, 0.2) is 73.2 Å². The van der Waals surface area contributed by atoms with Crippen LogP contribution in [0.25, 0.3) is 55.6 Å². The van der Waals surface area contributed by atoms with Crippen LogP contribution in [0, 0.1) is 5.82 Å². The summed E-state index contributed by atoms with van der Waals surface area (Å²) in [6.45, 7) is 4.16. The molecule has 8 heteroatoms. The molecule has 0 unspecified atom stereocenters. The van der Waals surface area contributed by atoms with Crippen molar-refractivity contribution in [3.8, 4) is 39.5 Å². The van der Waals surface area contributed by atoms with E-state index in [1.807, 2.05) is 36.4 Å². The summed E-state index contributed by atoms with van der Waals surface area (Å²) in [5.41, 5.74) is 7.30. The molecule has 6 aromatic rings. The second-order valence-electron chi connectivity index (χ2n) is 9.10. The summed E-state index contributed by atoms with van der Waals surface area (Å²) in [5.74, 6) is -0.600. The second-order valence-corrected chi connectivity index (χ2v) is 9.10. The van der Waals surface area contributed by atoms with Crippen LogP contribution in [0.3, 0.4) is 0 Å². The van der Waals surface area contributed by atoms with E-state index >= 15 is 0 Å². The SMILES string of the molecule is CC(C)Nc1cncc(-c2cc3c(-c4cc5c(-c6cc(O)cc(F)c6)cccc5[nH]4)n[nH]c3cn2)c1. The molecule has 0 fully saturated rings. The van der Waals surface area contributed by atoms with Crippen LogP contribution in [0.4, 0.5) is 10.1 Å². The van der Waals surface area contributed by atoms with Gasteiger partial charge in [-0.15, -0.1) is 0 Å². The number of halogens is 1. The Morgan fingerprint density at radius 2 is 1.81 bits per heavy atom. The van der Waals surface area contributed by atoms with E-state index < -0.39 is 5.82 Å². The Labute approximate surface area is 206 Å². The van der Waals surface area contributed by atoms with Crippen molar-refractivity contribution in [1.82, 2.24) is 25.1 Å². The van der Waals surface area contributed by atoms with Gasteiger partial charge in [-0.1, -0.05) is 12.1 Å². The van der Waals surface area contributed by atoms with Crippen LogP contribution in [-0.2, 0) is 0 Å². The molecule has 4 heterocycles. The fourth-order valence-electron chi connectivity index (χ4n) is 4.54. The summed E-state index contributed by atoms with van der Waals surface area (Å²) in [6, 6.07) is 16.2. The summed E-state index contributed by atoms with van der Waals surface area (Å²) >= 11 is 0. The van der Waals surface area contributed by atoms with Crippen molar-refractivity contribution in [1.29, 1.82) is 0 Å². The Bertz CT molecular complexity index is 1720. The first kappa shape index (κ1) is 21.8. The highest BCUT2D eigenvalue weighted by Crippen LogP contribution is 2.36. The van der Waals surface area contributed by atoms with Gasteiger partial charge in [0.05, 0.1) is 28.8 Å². The third kappa shape index (κ3) is 3.92. The van der Waals surface area contributed by atoms with Gasteiger partial charge >= 0.3 is 0 Å². The average molecular weight is 479 g/mol. The highest BCUT2D eigenvalue weighted by atomic mass is 19.1. The van der Waals surface area contributed by atoms with Crippen LogP contribution >= 0.6 is 0 Å². The highest BCUT2D eigenvalue weighted by molar-refractivity contribution is 6.01. The zero-order chi connectivity index (χ0) is 24.8. The van der Waals surface area contributed by atoms with Crippen LogP contribution in [0.1, 0.15) is 13.8 Å². The molecule has 36 heavy (non-hydrogen) atoms. The maximum Gasteiger partial charge on any atom is 0.127 e. The Morgan fingerprint density at radius 1 is 0.917 bits per heavy atom. The molecule has 2 aromatic carbocycles.